The Morgan fingerprint density at radius 3 is 1.52 bits per heavy atom. The van der Waals surface area contributed by atoms with E-state index in [1.807, 2.05) is 0 Å². The molecule has 0 bridgehead atoms. The molecular formula is C27H25FO3S2. The molecule has 4 aromatic rings. The van der Waals surface area contributed by atoms with Crippen LogP contribution in [-0.4, -0.2) is 13.0 Å². The maximum absolute atomic E-state index is 12.2. The first kappa shape index (κ1) is 24.7. The van der Waals surface area contributed by atoms with Gasteiger partial charge in [0, 0.05) is 11.1 Å². The molecule has 0 aliphatic carbocycles. The summed E-state index contributed by atoms with van der Waals surface area (Å²) in [5.74, 6) is -0.572. The van der Waals surface area contributed by atoms with Crippen molar-refractivity contribution in [3.05, 3.63) is 120 Å². The highest BCUT2D eigenvalue weighted by Gasteiger charge is 2.31. The van der Waals surface area contributed by atoms with Crippen molar-refractivity contribution < 1.29 is 17.4 Å². The monoisotopic (exact) mass is 480 g/mol. The van der Waals surface area contributed by atoms with Gasteiger partial charge in [-0.1, -0.05) is 54.1 Å². The van der Waals surface area contributed by atoms with Crippen LogP contribution in [0, 0.1) is 26.6 Å². The standard InChI is InChI=1S/C21H21S.C6H5FO3S/c1-16-14-17(2)21(18(3)15-16)22(19-10-6-4-7-11-19)20-12-8-5-9-13-20;7-5-1-3-6(4-2-5)11(8,9)10/h4-15H,1-3H3;1-4H,(H,8,9,10)/q+1;/p-1. The molecule has 4 rings (SSSR count). The summed E-state index contributed by atoms with van der Waals surface area (Å²) in [6.07, 6.45) is 0. The van der Waals surface area contributed by atoms with Crippen molar-refractivity contribution in [1.29, 1.82) is 0 Å². The molecule has 3 nitrogen and oxygen atoms in total. The summed E-state index contributed by atoms with van der Waals surface area (Å²) in [4.78, 5) is 3.80. The number of rotatable bonds is 4. The Labute approximate surface area is 198 Å². The van der Waals surface area contributed by atoms with E-state index in [0.717, 1.165) is 24.3 Å². The fourth-order valence-electron chi connectivity index (χ4n) is 3.57. The molecule has 0 unspecified atom stereocenters. The summed E-state index contributed by atoms with van der Waals surface area (Å²) in [7, 11) is -4.48. The van der Waals surface area contributed by atoms with Gasteiger partial charge in [-0.15, -0.1) is 0 Å². The van der Waals surface area contributed by atoms with Gasteiger partial charge >= 0.3 is 0 Å². The lowest BCUT2D eigenvalue weighted by Gasteiger charge is -2.13. The predicted octanol–water partition coefficient (Wildman–Crippen LogP) is 6.44. The SMILES string of the molecule is Cc1cc(C)c([S+](c2ccccc2)c2ccccc2)c(C)c1.O=S(=O)([O-])c1ccc(F)cc1. The third-order valence-corrected chi connectivity index (χ3v) is 8.26. The minimum Gasteiger partial charge on any atom is -0.744 e. The largest absolute Gasteiger partial charge is 0.744 e. The topological polar surface area (TPSA) is 57.2 Å². The molecule has 170 valence electrons. The first-order chi connectivity index (χ1) is 15.7. The van der Waals surface area contributed by atoms with Gasteiger partial charge in [-0.2, -0.15) is 0 Å². The van der Waals surface area contributed by atoms with E-state index in [9.17, 15) is 17.4 Å². The Bertz CT molecular complexity index is 1240. The molecule has 33 heavy (non-hydrogen) atoms. The van der Waals surface area contributed by atoms with Crippen LogP contribution in [-0.2, 0) is 21.0 Å². The van der Waals surface area contributed by atoms with Crippen LogP contribution in [0.3, 0.4) is 0 Å². The van der Waals surface area contributed by atoms with E-state index in [2.05, 4.69) is 93.6 Å². The van der Waals surface area contributed by atoms with Crippen LogP contribution in [0.25, 0.3) is 0 Å². The van der Waals surface area contributed by atoms with Gasteiger partial charge in [-0.05, 0) is 69.3 Å². The van der Waals surface area contributed by atoms with Gasteiger partial charge in [0.2, 0.25) is 0 Å². The number of aryl methyl sites for hydroxylation is 3. The first-order valence-electron chi connectivity index (χ1n) is 10.3. The van der Waals surface area contributed by atoms with Crippen LogP contribution in [0.2, 0.25) is 0 Å². The van der Waals surface area contributed by atoms with Crippen molar-refractivity contribution in [3.8, 4) is 0 Å². The molecule has 0 aliphatic heterocycles. The third kappa shape index (κ3) is 6.54. The van der Waals surface area contributed by atoms with Crippen LogP contribution in [0.15, 0.2) is 117 Å². The Hall–Kier alpha value is -2.93. The van der Waals surface area contributed by atoms with Crippen LogP contribution in [0.1, 0.15) is 16.7 Å². The van der Waals surface area contributed by atoms with Crippen LogP contribution in [0.5, 0.6) is 0 Å². The normalized spacial score (nSPS) is 11.1. The lowest BCUT2D eigenvalue weighted by atomic mass is 10.1. The van der Waals surface area contributed by atoms with E-state index < -0.39 is 20.8 Å². The molecule has 0 saturated carbocycles. The molecule has 4 aromatic carbocycles. The van der Waals surface area contributed by atoms with Gasteiger partial charge < -0.3 is 4.55 Å². The lowest BCUT2D eigenvalue weighted by Crippen LogP contribution is -2.08. The van der Waals surface area contributed by atoms with Gasteiger partial charge in [0.15, 0.2) is 14.7 Å². The van der Waals surface area contributed by atoms with E-state index in [4.69, 9.17) is 0 Å². The Morgan fingerprint density at radius 2 is 1.12 bits per heavy atom. The summed E-state index contributed by atoms with van der Waals surface area (Å²) >= 11 is 0. The smallest absolute Gasteiger partial charge is 0.172 e. The highest BCUT2D eigenvalue weighted by Crippen LogP contribution is 2.35. The van der Waals surface area contributed by atoms with Crippen LogP contribution < -0.4 is 0 Å². The number of hydrogen-bond donors (Lipinski definition) is 0. The lowest BCUT2D eigenvalue weighted by molar-refractivity contribution is 0.463. The molecular weight excluding hydrogens is 455 g/mol. The average molecular weight is 481 g/mol. The molecule has 0 aliphatic rings. The minimum absolute atomic E-state index is 0.0460. The van der Waals surface area contributed by atoms with Gasteiger partial charge in [-0.25, -0.2) is 12.8 Å². The maximum atomic E-state index is 12.2. The van der Waals surface area contributed by atoms with Crippen molar-refractivity contribution in [3.63, 3.8) is 0 Å². The van der Waals surface area contributed by atoms with Gasteiger partial charge in [0.25, 0.3) is 0 Å². The second-order valence-corrected chi connectivity index (χ2v) is 10.9. The number of hydrogen-bond acceptors (Lipinski definition) is 3. The zero-order chi connectivity index (χ0) is 24.0. The highest BCUT2D eigenvalue weighted by atomic mass is 32.2. The van der Waals surface area contributed by atoms with Gasteiger partial charge in [0.05, 0.1) is 15.8 Å². The van der Waals surface area contributed by atoms with Crippen molar-refractivity contribution in [2.75, 3.05) is 0 Å². The average Bonchev–Trinajstić information content (AvgIpc) is 2.77. The Kier molecular flexibility index (Phi) is 8.08. The highest BCUT2D eigenvalue weighted by molar-refractivity contribution is 7.97. The molecule has 0 radical (unpaired) electrons. The molecule has 0 spiro atoms. The number of halogens is 1. The van der Waals surface area contributed by atoms with Crippen molar-refractivity contribution >= 4 is 21.0 Å². The van der Waals surface area contributed by atoms with E-state index in [1.165, 1.54) is 31.4 Å². The number of benzene rings is 4. The molecule has 0 heterocycles. The van der Waals surface area contributed by atoms with Crippen LogP contribution >= 0.6 is 0 Å². The van der Waals surface area contributed by atoms with Crippen molar-refractivity contribution in [2.24, 2.45) is 0 Å². The molecule has 0 saturated heterocycles. The molecule has 6 heteroatoms. The second kappa shape index (κ2) is 10.8. The Balaban J connectivity index is 0.000000235. The molecule has 0 N–H and O–H groups in total. The fourth-order valence-corrected chi connectivity index (χ4v) is 6.41. The van der Waals surface area contributed by atoms with Crippen molar-refractivity contribution in [2.45, 2.75) is 40.4 Å². The summed E-state index contributed by atoms with van der Waals surface area (Å²) < 4.78 is 43.0. The van der Waals surface area contributed by atoms with Crippen molar-refractivity contribution in [1.82, 2.24) is 0 Å². The predicted molar refractivity (Wildman–Crippen MR) is 130 cm³/mol. The van der Waals surface area contributed by atoms with Gasteiger partial charge in [-0.3, -0.25) is 0 Å². The zero-order valence-electron chi connectivity index (χ0n) is 18.7. The molecule has 0 amide bonds. The minimum atomic E-state index is -4.44. The molecule has 0 aromatic heterocycles. The molecule has 0 atom stereocenters. The van der Waals surface area contributed by atoms with E-state index >= 15 is 0 Å². The van der Waals surface area contributed by atoms with Crippen LogP contribution in [0.4, 0.5) is 4.39 Å². The summed E-state index contributed by atoms with van der Waals surface area (Å²) in [6.45, 7) is 6.65. The third-order valence-electron chi connectivity index (χ3n) is 4.87. The summed E-state index contributed by atoms with van der Waals surface area (Å²) in [5.41, 5.74) is 4.10. The quantitative estimate of drug-likeness (QED) is 0.250. The molecule has 0 fully saturated rings. The van der Waals surface area contributed by atoms with E-state index in [-0.39, 0.29) is 10.9 Å². The zero-order valence-corrected chi connectivity index (χ0v) is 20.3. The Morgan fingerprint density at radius 1 is 0.697 bits per heavy atom. The fraction of sp³-hybridized carbons (Fsp3) is 0.111. The maximum Gasteiger partial charge on any atom is 0.172 e. The van der Waals surface area contributed by atoms with Gasteiger partial charge in [0.1, 0.15) is 15.9 Å². The van der Waals surface area contributed by atoms with E-state index in [1.54, 1.807) is 0 Å². The first-order valence-corrected chi connectivity index (χ1v) is 12.9. The summed E-state index contributed by atoms with van der Waals surface area (Å²) in [5, 5.41) is 0. The second-order valence-electron chi connectivity index (χ2n) is 7.57. The van der Waals surface area contributed by atoms with E-state index in [0.29, 0.717) is 0 Å². The summed E-state index contributed by atoms with van der Waals surface area (Å²) in [6, 6.07) is 30.0.